The molecular weight excluding hydrogens is 328 g/mol. The quantitative estimate of drug-likeness (QED) is 0.545. The SMILES string of the molecule is CN=C(NCCc1ccc2c(c1)CCO2)NCc1cccc(C(N)=O)c1. The summed E-state index contributed by atoms with van der Waals surface area (Å²) in [7, 11) is 1.74. The highest BCUT2D eigenvalue weighted by molar-refractivity contribution is 5.92. The maximum absolute atomic E-state index is 11.3. The zero-order chi connectivity index (χ0) is 18.4. The highest BCUT2D eigenvalue weighted by atomic mass is 16.5. The van der Waals surface area contributed by atoms with Crippen LogP contribution in [-0.4, -0.2) is 32.1 Å². The van der Waals surface area contributed by atoms with Gasteiger partial charge in [-0.05, 0) is 41.3 Å². The first-order valence-electron chi connectivity index (χ1n) is 8.73. The summed E-state index contributed by atoms with van der Waals surface area (Å²) in [5.41, 5.74) is 9.37. The van der Waals surface area contributed by atoms with Gasteiger partial charge in [-0.3, -0.25) is 9.79 Å². The monoisotopic (exact) mass is 352 g/mol. The molecule has 26 heavy (non-hydrogen) atoms. The minimum atomic E-state index is -0.422. The molecule has 0 atom stereocenters. The van der Waals surface area contributed by atoms with Crippen LogP contribution in [-0.2, 0) is 19.4 Å². The van der Waals surface area contributed by atoms with Gasteiger partial charge in [0.2, 0.25) is 5.91 Å². The van der Waals surface area contributed by atoms with Gasteiger partial charge in [0.25, 0.3) is 0 Å². The van der Waals surface area contributed by atoms with Crippen LogP contribution in [0.1, 0.15) is 27.0 Å². The molecule has 1 aliphatic rings. The number of carbonyl (C=O) groups excluding carboxylic acids is 1. The molecular formula is C20H24N4O2. The molecule has 1 aliphatic heterocycles. The number of carbonyl (C=O) groups is 1. The molecule has 3 rings (SSSR count). The molecule has 0 saturated heterocycles. The molecule has 0 spiro atoms. The van der Waals surface area contributed by atoms with Crippen molar-refractivity contribution in [3.63, 3.8) is 0 Å². The van der Waals surface area contributed by atoms with Gasteiger partial charge in [0.05, 0.1) is 6.61 Å². The second-order valence-electron chi connectivity index (χ2n) is 6.21. The number of fused-ring (bicyclic) bond motifs is 1. The number of nitrogens with two attached hydrogens (primary N) is 1. The molecule has 0 radical (unpaired) electrons. The standard InChI is InChI=1S/C20H24N4O2/c1-22-20(24-13-15-3-2-4-17(12-15)19(21)25)23-9-7-14-5-6-18-16(11-14)8-10-26-18/h2-6,11-12H,7-10,13H2,1H3,(H2,21,25)(H2,22,23,24). The topological polar surface area (TPSA) is 88.7 Å². The molecule has 136 valence electrons. The van der Waals surface area contributed by atoms with E-state index >= 15 is 0 Å². The summed E-state index contributed by atoms with van der Waals surface area (Å²) in [5.74, 6) is 1.31. The fraction of sp³-hybridized carbons (Fsp3) is 0.300. The Balaban J connectivity index is 1.48. The number of nitrogens with one attached hydrogen (secondary N) is 2. The van der Waals surface area contributed by atoms with E-state index in [0.717, 1.165) is 43.3 Å². The van der Waals surface area contributed by atoms with Gasteiger partial charge in [-0.1, -0.05) is 24.3 Å². The van der Waals surface area contributed by atoms with Crippen molar-refractivity contribution in [3.8, 4) is 5.75 Å². The molecule has 2 aromatic rings. The Bertz CT molecular complexity index is 817. The summed E-state index contributed by atoms with van der Waals surface area (Å²) in [4.78, 5) is 15.5. The fourth-order valence-corrected chi connectivity index (χ4v) is 2.96. The maximum Gasteiger partial charge on any atom is 0.248 e. The first-order valence-corrected chi connectivity index (χ1v) is 8.73. The number of primary amides is 1. The summed E-state index contributed by atoms with van der Waals surface area (Å²) in [6.45, 7) is 2.13. The number of hydrogen-bond donors (Lipinski definition) is 3. The first kappa shape index (κ1) is 17.8. The third-order valence-electron chi connectivity index (χ3n) is 4.36. The van der Waals surface area contributed by atoms with Crippen molar-refractivity contribution in [3.05, 3.63) is 64.7 Å². The fourth-order valence-electron chi connectivity index (χ4n) is 2.96. The predicted molar refractivity (Wildman–Crippen MR) is 103 cm³/mol. The van der Waals surface area contributed by atoms with E-state index in [4.69, 9.17) is 10.5 Å². The van der Waals surface area contributed by atoms with E-state index in [2.05, 4.69) is 33.8 Å². The largest absolute Gasteiger partial charge is 0.493 e. The average molecular weight is 352 g/mol. The van der Waals surface area contributed by atoms with Gasteiger partial charge >= 0.3 is 0 Å². The van der Waals surface area contributed by atoms with Crippen molar-refractivity contribution >= 4 is 11.9 Å². The van der Waals surface area contributed by atoms with Gasteiger partial charge in [0.15, 0.2) is 5.96 Å². The van der Waals surface area contributed by atoms with Gasteiger partial charge in [0.1, 0.15) is 5.75 Å². The lowest BCUT2D eigenvalue weighted by Gasteiger charge is -2.12. The molecule has 2 aromatic carbocycles. The van der Waals surface area contributed by atoms with Crippen LogP contribution in [0.3, 0.4) is 0 Å². The molecule has 0 bridgehead atoms. The minimum Gasteiger partial charge on any atom is -0.493 e. The molecule has 0 aliphatic carbocycles. The van der Waals surface area contributed by atoms with Crippen LogP contribution >= 0.6 is 0 Å². The van der Waals surface area contributed by atoms with Crippen LogP contribution < -0.4 is 21.1 Å². The van der Waals surface area contributed by atoms with Crippen molar-refractivity contribution in [2.75, 3.05) is 20.2 Å². The summed E-state index contributed by atoms with van der Waals surface area (Å²) in [6.07, 6.45) is 1.90. The number of guanidine groups is 1. The highest BCUT2D eigenvalue weighted by Gasteiger charge is 2.11. The van der Waals surface area contributed by atoms with Gasteiger partial charge in [-0.15, -0.1) is 0 Å². The van der Waals surface area contributed by atoms with E-state index in [-0.39, 0.29) is 0 Å². The summed E-state index contributed by atoms with van der Waals surface area (Å²) in [6, 6.07) is 13.6. The summed E-state index contributed by atoms with van der Waals surface area (Å²) in [5, 5.41) is 6.56. The number of hydrogen-bond acceptors (Lipinski definition) is 3. The Labute approximate surface area is 153 Å². The maximum atomic E-state index is 11.3. The Morgan fingerprint density at radius 1 is 1.19 bits per heavy atom. The van der Waals surface area contributed by atoms with Crippen LogP contribution in [0.5, 0.6) is 5.75 Å². The molecule has 4 N–H and O–H groups in total. The third-order valence-corrected chi connectivity index (χ3v) is 4.36. The molecule has 6 heteroatoms. The number of ether oxygens (including phenoxy) is 1. The third kappa shape index (κ3) is 4.53. The van der Waals surface area contributed by atoms with E-state index in [9.17, 15) is 4.79 Å². The van der Waals surface area contributed by atoms with Crippen molar-refractivity contribution in [2.45, 2.75) is 19.4 Å². The van der Waals surface area contributed by atoms with Crippen LogP contribution in [0.25, 0.3) is 0 Å². The van der Waals surface area contributed by atoms with E-state index in [0.29, 0.717) is 12.1 Å². The number of benzene rings is 2. The molecule has 1 heterocycles. The van der Waals surface area contributed by atoms with Crippen LogP contribution in [0, 0.1) is 0 Å². The van der Waals surface area contributed by atoms with Crippen molar-refractivity contribution in [1.82, 2.24) is 10.6 Å². The lowest BCUT2D eigenvalue weighted by Crippen LogP contribution is -2.37. The predicted octanol–water partition coefficient (Wildman–Crippen LogP) is 1.63. The molecule has 0 unspecified atom stereocenters. The van der Waals surface area contributed by atoms with Crippen molar-refractivity contribution in [1.29, 1.82) is 0 Å². The molecule has 0 fully saturated rings. The average Bonchev–Trinajstić information content (AvgIpc) is 3.12. The summed E-state index contributed by atoms with van der Waals surface area (Å²) >= 11 is 0. The smallest absolute Gasteiger partial charge is 0.248 e. The van der Waals surface area contributed by atoms with Crippen molar-refractivity contribution in [2.24, 2.45) is 10.7 Å². The molecule has 6 nitrogen and oxygen atoms in total. The van der Waals surface area contributed by atoms with Gasteiger partial charge in [-0.2, -0.15) is 0 Å². The van der Waals surface area contributed by atoms with Crippen molar-refractivity contribution < 1.29 is 9.53 Å². The van der Waals surface area contributed by atoms with Gasteiger partial charge in [-0.25, -0.2) is 0 Å². The molecule has 1 amide bonds. The minimum absolute atomic E-state index is 0.422. The first-order chi connectivity index (χ1) is 12.7. The van der Waals surface area contributed by atoms with E-state index < -0.39 is 5.91 Å². The number of rotatable bonds is 6. The second-order valence-corrected chi connectivity index (χ2v) is 6.21. The number of amides is 1. The van der Waals surface area contributed by atoms with Crippen LogP contribution in [0.15, 0.2) is 47.5 Å². The lowest BCUT2D eigenvalue weighted by molar-refractivity contribution is 0.1000. The van der Waals surface area contributed by atoms with E-state index in [1.54, 1.807) is 19.2 Å². The molecule has 0 aromatic heterocycles. The Morgan fingerprint density at radius 2 is 2.08 bits per heavy atom. The Hall–Kier alpha value is -3.02. The number of nitrogens with zero attached hydrogens (tertiary/aromatic N) is 1. The zero-order valence-corrected chi connectivity index (χ0v) is 14.9. The van der Waals surface area contributed by atoms with E-state index in [1.165, 1.54) is 11.1 Å². The summed E-state index contributed by atoms with van der Waals surface area (Å²) < 4.78 is 5.54. The second kappa shape index (κ2) is 8.38. The Kier molecular flexibility index (Phi) is 5.73. The molecule has 0 saturated carbocycles. The normalized spacial score (nSPS) is 13.0. The highest BCUT2D eigenvalue weighted by Crippen LogP contribution is 2.25. The van der Waals surface area contributed by atoms with E-state index in [1.807, 2.05) is 12.1 Å². The van der Waals surface area contributed by atoms with Gasteiger partial charge in [0, 0.05) is 32.1 Å². The van der Waals surface area contributed by atoms with Crippen LogP contribution in [0.2, 0.25) is 0 Å². The zero-order valence-electron chi connectivity index (χ0n) is 14.9. The lowest BCUT2D eigenvalue weighted by atomic mass is 10.1. The Morgan fingerprint density at radius 3 is 2.88 bits per heavy atom. The van der Waals surface area contributed by atoms with Gasteiger partial charge < -0.3 is 21.1 Å². The number of aliphatic imine (C=N–C) groups is 1. The van der Waals surface area contributed by atoms with Crippen LogP contribution in [0.4, 0.5) is 0 Å².